The summed E-state index contributed by atoms with van der Waals surface area (Å²) in [5.41, 5.74) is 0.640. The van der Waals surface area contributed by atoms with E-state index in [1.165, 1.54) is 11.3 Å². The maximum absolute atomic E-state index is 11.6. The molecule has 0 aromatic carbocycles. The minimum atomic E-state index is 0.179. The van der Waals surface area contributed by atoms with Gasteiger partial charge in [0.1, 0.15) is 5.69 Å². The zero-order valence-electron chi connectivity index (χ0n) is 9.16. The predicted molar refractivity (Wildman–Crippen MR) is 64.5 cm³/mol. The SMILES string of the molecule is C=CCCCCCC(=O)c1csc(C)n1. The average molecular weight is 223 g/mol. The molecule has 0 saturated heterocycles. The second kappa shape index (κ2) is 6.51. The number of thiazole rings is 1. The molecule has 0 radical (unpaired) electrons. The van der Waals surface area contributed by atoms with Crippen LogP contribution in [-0.2, 0) is 0 Å². The molecule has 0 spiro atoms. The lowest BCUT2D eigenvalue weighted by Crippen LogP contribution is -1.99. The van der Waals surface area contributed by atoms with Gasteiger partial charge in [0.2, 0.25) is 0 Å². The quantitative estimate of drug-likeness (QED) is 0.400. The summed E-state index contributed by atoms with van der Waals surface area (Å²) < 4.78 is 0. The standard InChI is InChI=1S/C12H17NOS/c1-3-4-5-6-7-8-12(14)11-9-15-10(2)13-11/h3,9H,1,4-8H2,2H3. The lowest BCUT2D eigenvalue weighted by molar-refractivity contribution is 0.0975. The molecule has 0 aliphatic carbocycles. The number of aromatic nitrogens is 1. The van der Waals surface area contributed by atoms with Gasteiger partial charge in [-0.3, -0.25) is 4.79 Å². The summed E-state index contributed by atoms with van der Waals surface area (Å²) in [4.78, 5) is 15.8. The third-order valence-electron chi connectivity index (χ3n) is 2.22. The lowest BCUT2D eigenvalue weighted by atomic mass is 10.1. The number of nitrogens with zero attached hydrogens (tertiary/aromatic N) is 1. The molecule has 0 bridgehead atoms. The smallest absolute Gasteiger partial charge is 0.182 e. The van der Waals surface area contributed by atoms with Gasteiger partial charge in [0.15, 0.2) is 5.78 Å². The molecule has 82 valence electrons. The van der Waals surface area contributed by atoms with Crippen molar-refractivity contribution < 1.29 is 4.79 Å². The fraction of sp³-hybridized carbons (Fsp3) is 0.500. The van der Waals surface area contributed by atoms with Gasteiger partial charge in [0.25, 0.3) is 0 Å². The molecule has 2 nitrogen and oxygen atoms in total. The Hall–Kier alpha value is -0.960. The molecule has 0 atom stereocenters. The van der Waals surface area contributed by atoms with Gasteiger partial charge in [-0.2, -0.15) is 0 Å². The maximum Gasteiger partial charge on any atom is 0.182 e. The van der Waals surface area contributed by atoms with Crippen molar-refractivity contribution in [2.24, 2.45) is 0 Å². The summed E-state index contributed by atoms with van der Waals surface area (Å²) in [5.74, 6) is 0.179. The third-order valence-corrected chi connectivity index (χ3v) is 2.99. The van der Waals surface area contributed by atoms with Gasteiger partial charge in [0.05, 0.1) is 5.01 Å². The van der Waals surface area contributed by atoms with Crippen molar-refractivity contribution in [1.29, 1.82) is 0 Å². The topological polar surface area (TPSA) is 30.0 Å². The number of rotatable bonds is 7. The number of unbranched alkanes of at least 4 members (excludes halogenated alkanes) is 3. The zero-order valence-corrected chi connectivity index (χ0v) is 9.98. The van der Waals surface area contributed by atoms with E-state index in [0.717, 1.165) is 30.7 Å². The van der Waals surface area contributed by atoms with E-state index in [1.807, 2.05) is 18.4 Å². The molecule has 1 aromatic heterocycles. The Bertz CT molecular complexity index is 330. The Balaban J connectivity index is 2.22. The van der Waals surface area contributed by atoms with Crippen LogP contribution in [-0.4, -0.2) is 10.8 Å². The minimum absolute atomic E-state index is 0.179. The fourth-order valence-corrected chi connectivity index (χ4v) is 1.99. The molecule has 15 heavy (non-hydrogen) atoms. The predicted octanol–water partition coefficient (Wildman–Crippen LogP) is 3.77. The van der Waals surface area contributed by atoms with E-state index in [-0.39, 0.29) is 5.78 Å². The van der Waals surface area contributed by atoms with Crippen LogP contribution in [0.4, 0.5) is 0 Å². The highest BCUT2D eigenvalue weighted by molar-refractivity contribution is 7.09. The molecule has 1 heterocycles. The molecule has 0 saturated carbocycles. The number of carbonyl (C=O) groups excluding carboxylic acids is 1. The Morgan fingerprint density at radius 1 is 1.53 bits per heavy atom. The summed E-state index contributed by atoms with van der Waals surface area (Å²) in [6, 6.07) is 0. The highest BCUT2D eigenvalue weighted by Gasteiger charge is 2.08. The van der Waals surface area contributed by atoms with E-state index < -0.39 is 0 Å². The van der Waals surface area contributed by atoms with Crippen LogP contribution < -0.4 is 0 Å². The summed E-state index contributed by atoms with van der Waals surface area (Å²) in [6.45, 7) is 5.59. The van der Waals surface area contributed by atoms with Gasteiger partial charge in [-0.1, -0.05) is 12.5 Å². The Labute approximate surface area is 95.0 Å². The minimum Gasteiger partial charge on any atom is -0.292 e. The number of Topliss-reactive ketones (excluding diaryl/α,β-unsaturated/α-hetero) is 1. The number of aryl methyl sites for hydroxylation is 1. The molecule has 3 heteroatoms. The first kappa shape index (κ1) is 12.1. The number of hydrogen-bond donors (Lipinski definition) is 0. The first-order chi connectivity index (χ1) is 7.24. The van der Waals surface area contributed by atoms with E-state index in [0.29, 0.717) is 12.1 Å². The molecular weight excluding hydrogens is 206 g/mol. The second-order valence-corrected chi connectivity index (χ2v) is 4.63. The van der Waals surface area contributed by atoms with Gasteiger partial charge in [-0.15, -0.1) is 17.9 Å². The molecule has 0 aliphatic rings. The fourth-order valence-electron chi connectivity index (χ4n) is 1.37. The van der Waals surface area contributed by atoms with Gasteiger partial charge in [0, 0.05) is 11.8 Å². The van der Waals surface area contributed by atoms with E-state index in [9.17, 15) is 4.79 Å². The number of ketones is 1. The molecule has 0 amide bonds. The van der Waals surface area contributed by atoms with Gasteiger partial charge < -0.3 is 0 Å². The number of allylic oxidation sites excluding steroid dienone is 1. The summed E-state index contributed by atoms with van der Waals surface area (Å²) in [7, 11) is 0. The molecule has 0 unspecified atom stereocenters. The molecular formula is C12H17NOS. The van der Waals surface area contributed by atoms with Crippen LogP contribution >= 0.6 is 11.3 Å². The zero-order chi connectivity index (χ0) is 11.1. The van der Waals surface area contributed by atoms with Crippen molar-refractivity contribution in [3.05, 3.63) is 28.7 Å². The first-order valence-corrected chi connectivity index (χ1v) is 6.18. The highest BCUT2D eigenvalue weighted by Crippen LogP contribution is 2.12. The van der Waals surface area contributed by atoms with Crippen LogP contribution in [0.3, 0.4) is 0 Å². The monoisotopic (exact) mass is 223 g/mol. The van der Waals surface area contributed by atoms with Crippen LogP contribution in [0.2, 0.25) is 0 Å². The van der Waals surface area contributed by atoms with Gasteiger partial charge >= 0.3 is 0 Å². The van der Waals surface area contributed by atoms with Crippen molar-refractivity contribution in [2.75, 3.05) is 0 Å². The largest absolute Gasteiger partial charge is 0.292 e. The van der Waals surface area contributed by atoms with E-state index in [2.05, 4.69) is 11.6 Å². The van der Waals surface area contributed by atoms with E-state index >= 15 is 0 Å². The Kier molecular flexibility index (Phi) is 5.26. The van der Waals surface area contributed by atoms with Gasteiger partial charge in [-0.25, -0.2) is 4.98 Å². The van der Waals surface area contributed by atoms with Crippen LogP contribution in [0.5, 0.6) is 0 Å². The van der Waals surface area contributed by atoms with Crippen LogP contribution in [0.15, 0.2) is 18.0 Å². The molecule has 1 rings (SSSR count). The maximum atomic E-state index is 11.6. The second-order valence-electron chi connectivity index (χ2n) is 3.56. The normalized spacial score (nSPS) is 10.2. The number of carbonyl (C=O) groups is 1. The third kappa shape index (κ3) is 4.38. The van der Waals surface area contributed by atoms with Crippen molar-refractivity contribution in [3.8, 4) is 0 Å². The van der Waals surface area contributed by atoms with Gasteiger partial charge in [-0.05, 0) is 26.2 Å². The van der Waals surface area contributed by atoms with Crippen LogP contribution in [0.1, 0.15) is 47.6 Å². The summed E-state index contributed by atoms with van der Waals surface area (Å²) in [6.07, 6.45) is 6.78. The van der Waals surface area contributed by atoms with Crippen LogP contribution in [0, 0.1) is 6.92 Å². The van der Waals surface area contributed by atoms with Crippen LogP contribution in [0.25, 0.3) is 0 Å². The number of hydrogen-bond acceptors (Lipinski definition) is 3. The van der Waals surface area contributed by atoms with E-state index in [1.54, 1.807) is 0 Å². The van der Waals surface area contributed by atoms with Crippen molar-refractivity contribution in [2.45, 2.75) is 39.0 Å². The Morgan fingerprint density at radius 3 is 2.93 bits per heavy atom. The van der Waals surface area contributed by atoms with Crippen molar-refractivity contribution >= 4 is 17.1 Å². The average Bonchev–Trinajstić information content (AvgIpc) is 2.64. The molecule has 1 aromatic rings. The van der Waals surface area contributed by atoms with Crippen molar-refractivity contribution in [3.63, 3.8) is 0 Å². The first-order valence-electron chi connectivity index (χ1n) is 5.30. The molecule has 0 aliphatic heterocycles. The summed E-state index contributed by atoms with van der Waals surface area (Å²) in [5, 5.41) is 2.81. The molecule has 0 N–H and O–H groups in total. The Morgan fingerprint density at radius 2 is 2.33 bits per heavy atom. The molecule has 0 fully saturated rings. The summed E-state index contributed by atoms with van der Waals surface area (Å²) >= 11 is 1.53. The lowest BCUT2D eigenvalue weighted by Gasteiger charge is -1.97. The highest BCUT2D eigenvalue weighted by atomic mass is 32.1. The van der Waals surface area contributed by atoms with E-state index in [4.69, 9.17) is 0 Å². The van der Waals surface area contributed by atoms with Crippen molar-refractivity contribution in [1.82, 2.24) is 4.98 Å².